The number of pyridine rings is 2. The number of aromatic nitrogens is 4. The Hall–Kier alpha value is -2.95. The number of nitrogens with one attached hydrogen (secondary N) is 1. The lowest BCUT2D eigenvalue weighted by atomic mass is 10.0. The lowest BCUT2D eigenvalue weighted by Gasteiger charge is -2.29. The second-order valence-electron chi connectivity index (χ2n) is 6.61. The summed E-state index contributed by atoms with van der Waals surface area (Å²) in [6.07, 6.45) is 9.36. The molecule has 4 heterocycles. The molecule has 1 saturated heterocycles. The van der Waals surface area contributed by atoms with Crippen molar-refractivity contribution >= 4 is 27.8 Å². The Morgan fingerprint density at radius 3 is 2.72 bits per heavy atom. The van der Waals surface area contributed by atoms with E-state index in [-0.39, 0.29) is 0 Å². The van der Waals surface area contributed by atoms with Crippen molar-refractivity contribution in [3.63, 3.8) is 0 Å². The molecule has 1 N–H and O–H groups in total. The molecule has 0 unspecified atom stereocenters. The fourth-order valence-electron chi connectivity index (χ4n) is 3.71. The largest absolute Gasteiger partial charge is 0.371 e. The van der Waals surface area contributed by atoms with Crippen molar-refractivity contribution < 1.29 is 0 Å². The molecule has 25 heavy (non-hydrogen) atoms. The summed E-state index contributed by atoms with van der Waals surface area (Å²) < 4.78 is 0. The molecule has 4 aromatic rings. The summed E-state index contributed by atoms with van der Waals surface area (Å²) in [5.41, 5.74) is 6.29. The average Bonchev–Trinajstić information content (AvgIpc) is 3.15. The molecule has 124 valence electrons. The van der Waals surface area contributed by atoms with E-state index in [9.17, 15) is 0 Å². The SMILES string of the molecule is c1cc(N2CCCCC2)c2cc(-c3cnc4nc[nH]c4c3)ccc2n1. The van der Waals surface area contributed by atoms with E-state index in [2.05, 4.69) is 55.2 Å². The molecule has 0 atom stereocenters. The lowest BCUT2D eigenvalue weighted by Crippen LogP contribution is -2.29. The van der Waals surface area contributed by atoms with Crippen molar-refractivity contribution in [2.45, 2.75) is 19.3 Å². The Morgan fingerprint density at radius 2 is 1.80 bits per heavy atom. The van der Waals surface area contributed by atoms with E-state index in [1.807, 2.05) is 12.4 Å². The molecule has 1 fully saturated rings. The highest BCUT2D eigenvalue weighted by Crippen LogP contribution is 2.31. The van der Waals surface area contributed by atoms with E-state index in [0.717, 1.165) is 40.9 Å². The topological polar surface area (TPSA) is 57.7 Å². The van der Waals surface area contributed by atoms with Gasteiger partial charge in [0, 0.05) is 42.1 Å². The number of hydrogen-bond donors (Lipinski definition) is 1. The van der Waals surface area contributed by atoms with Gasteiger partial charge in [-0.05, 0) is 49.1 Å². The fourth-order valence-corrected chi connectivity index (χ4v) is 3.71. The van der Waals surface area contributed by atoms with Crippen molar-refractivity contribution in [1.82, 2.24) is 19.9 Å². The third-order valence-electron chi connectivity index (χ3n) is 5.02. The quantitative estimate of drug-likeness (QED) is 0.600. The van der Waals surface area contributed by atoms with Crippen LogP contribution in [-0.2, 0) is 0 Å². The van der Waals surface area contributed by atoms with E-state index in [1.165, 1.54) is 30.3 Å². The van der Waals surface area contributed by atoms with Gasteiger partial charge in [0.2, 0.25) is 0 Å². The minimum atomic E-state index is 0.750. The molecule has 0 aliphatic carbocycles. The summed E-state index contributed by atoms with van der Waals surface area (Å²) in [6, 6.07) is 10.7. The molecule has 3 aromatic heterocycles. The molecule has 1 aliphatic rings. The molecular formula is C20H19N5. The maximum absolute atomic E-state index is 4.55. The lowest BCUT2D eigenvalue weighted by molar-refractivity contribution is 0.579. The number of piperidine rings is 1. The second-order valence-corrected chi connectivity index (χ2v) is 6.61. The molecule has 0 saturated carbocycles. The predicted molar refractivity (Wildman–Crippen MR) is 101 cm³/mol. The Bertz CT molecular complexity index is 1050. The number of benzene rings is 1. The Labute approximate surface area is 145 Å². The highest BCUT2D eigenvalue weighted by atomic mass is 15.1. The van der Waals surface area contributed by atoms with Crippen LogP contribution < -0.4 is 4.90 Å². The van der Waals surface area contributed by atoms with Gasteiger partial charge in [0.25, 0.3) is 0 Å². The normalized spacial score (nSPS) is 15.1. The molecule has 0 spiro atoms. The molecule has 0 radical (unpaired) electrons. The van der Waals surface area contributed by atoms with Gasteiger partial charge in [0.05, 0.1) is 17.4 Å². The minimum Gasteiger partial charge on any atom is -0.371 e. The highest BCUT2D eigenvalue weighted by Gasteiger charge is 2.14. The number of nitrogens with zero attached hydrogens (tertiary/aromatic N) is 4. The summed E-state index contributed by atoms with van der Waals surface area (Å²) >= 11 is 0. The molecule has 1 aromatic carbocycles. The standard InChI is InChI=1S/C20H19N5/c1-2-8-25(9-3-1)19-6-7-21-17-5-4-14(10-16(17)19)15-11-18-20(22-12-15)24-13-23-18/h4-7,10-13H,1-3,8-9H2,(H,22,23,24). The van der Waals surface area contributed by atoms with Crippen molar-refractivity contribution in [2.24, 2.45) is 0 Å². The first-order valence-electron chi connectivity index (χ1n) is 8.82. The number of anilines is 1. The van der Waals surface area contributed by atoms with E-state index >= 15 is 0 Å². The van der Waals surface area contributed by atoms with Crippen LogP contribution in [-0.4, -0.2) is 33.0 Å². The van der Waals surface area contributed by atoms with Crippen LogP contribution in [0, 0.1) is 0 Å². The van der Waals surface area contributed by atoms with Gasteiger partial charge in [-0.3, -0.25) is 4.98 Å². The molecule has 5 nitrogen and oxygen atoms in total. The van der Waals surface area contributed by atoms with E-state index in [1.54, 1.807) is 6.33 Å². The first-order chi connectivity index (χ1) is 12.4. The summed E-state index contributed by atoms with van der Waals surface area (Å²) in [4.78, 5) is 18.8. The zero-order valence-corrected chi connectivity index (χ0v) is 13.9. The fraction of sp³-hybridized carbons (Fsp3) is 0.250. The van der Waals surface area contributed by atoms with Gasteiger partial charge >= 0.3 is 0 Å². The van der Waals surface area contributed by atoms with Crippen LogP contribution in [0.2, 0.25) is 0 Å². The Morgan fingerprint density at radius 1 is 0.880 bits per heavy atom. The van der Waals surface area contributed by atoms with Gasteiger partial charge < -0.3 is 9.88 Å². The zero-order valence-electron chi connectivity index (χ0n) is 13.9. The first kappa shape index (κ1) is 14.4. The van der Waals surface area contributed by atoms with Gasteiger partial charge in [-0.1, -0.05) is 6.07 Å². The molecule has 0 amide bonds. The summed E-state index contributed by atoms with van der Waals surface area (Å²) in [6.45, 7) is 2.26. The number of hydrogen-bond acceptors (Lipinski definition) is 4. The smallest absolute Gasteiger partial charge is 0.177 e. The molecule has 0 bridgehead atoms. The van der Waals surface area contributed by atoms with E-state index in [0.29, 0.717) is 0 Å². The van der Waals surface area contributed by atoms with Crippen molar-refractivity contribution in [3.8, 4) is 11.1 Å². The summed E-state index contributed by atoms with van der Waals surface area (Å²) in [5.74, 6) is 0. The zero-order chi connectivity index (χ0) is 16.6. The van der Waals surface area contributed by atoms with Gasteiger partial charge in [0.1, 0.15) is 0 Å². The van der Waals surface area contributed by atoms with Gasteiger partial charge in [-0.2, -0.15) is 0 Å². The summed E-state index contributed by atoms with van der Waals surface area (Å²) in [7, 11) is 0. The van der Waals surface area contributed by atoms with Crippen LogP contribution in [0.3, 0.4) is 0 Å². The number of rotatable bonds is 2. The van der Waals surface area contributed by atoms with Crippen LogP contribution >= 0.6 is 0 Å². The monoisotopic (exact) mass is 329 g/mol. The van der Waals surface area contributed by atoms with Crippen molar-refractivity contribution in [3.05, 3.63) is 49.1 Å². The molecule has 1 aliphatic heterocycles. The average molecular weight is 329 g/mol. The number of aromatic amines is 1. The Balaban J connectivity index is 1.64. The number of H-pyrrole nitrogens is 1. The summed E-state index contributed by atoms with van der Waals surface area (Å²) in [5, 5.41) is 1.21. The van der Waals surface area contributed by atoms with Crippen molar-refractivity contribution in [2.75, 3.05) is 18.0 Å². The van der Waals surface area contributed by atoms with Crippen LogP contribution in [0.15, 0.2) is 49.1 Å². The van der Waals surface area contributed by atoms with Gasteiger partial charge in [-0.25, -0.2) is 9.97 Å². The van der Waals surface area contributed by atoms with E-state index < -0.39 is 0 Å². The molecule has 5 heteroatoms. The Kier molecular flexibility index (Phi) is 3.37. The number of imidazole rings is 1. The molecule has 5 rings (SSSR count). The maximum Gasteiger partial charge on any atom is 0.177 e. The second kappa shape index (κ2) is 5.84. The van der Waals surface area contributed by atoms with Crippen LogP contribution in [0.1, 0.15) is 19.3 Å². The van der Waals surface area contributed by atoms with Crippen LogP contribution in [0.4, 0.5) is 5.69 Å². The number of fused-ring (bicyclic) bond motifs is 2. The van der Waals surface area contributed by atoms with Gasteiger partial charge in [0.15, 0.2) is 5.65 Å². The van der Waals surface area contributed by atoms with Crippen molar-refractivity contribution in [1.29, 1.82) is 0 Å². The maximum atomic E-state index is 4.55. The first-order valence-corrected chi connectivity index (χ1v) is 8.82. The van der Waals surface area contributed by atoms with Crippen LogP contribution in [0.25, 0.3) is 33.2 Å². The predicted octanol–water partition coefficient (Wildman–Crippen LogP) is 4.16. The van der Waals surface area contributed by atoms with Crippen LogP contribution in [0.5, 0.6) is 0 Å². The third-order valence-corrected chi connectivity index (χ3v) is 5.02. The third kappa shape index (κ3) is 2.52. The minimum absolute atomic E-state index is 0.750. The highest BCUT2D eigenvalue weighted by molar-refractivity contribution is 5.95. The molecular weight excluding hydrogens is 310 g/mol. The van der Waals surface area contributed by atoms with Gasteiger partial charge in [-0.15, -0.1) is 0 Å². The van der Waals surface area contributed by atoms with E-state index in [4.69, 9.17) is 0 Å².